The van der Waals surface area contributed by atoms with Gasteiger partial charge in [0.25, 0.3) is 0 Å². The van der Waals surface area contributed by atoms with E-state index in [0.29, 0.717) is 25.4 Å². The zero-order valence-corrected chi connectivity index (χ0v) is 20.3. The van der Waals surface area contributed by atoms with Crippen LogP contribution < -0.4 is 4.72 Å². The normalized spacial score (nSPS) is 15.1. The lowest BCUT2D eigenvalue weighted by Crippen LogP contribution is -2.41. The summed E-state index contributed by atoms with van der Waals surface area (Å²) in [5, 5.41) is 11.5. The van der Waals surface area contributed by atoms with Gasteiger partial charge < -0.3 is 9.66 Å². The van der Waals surface area contributed by atoms with Gasteiger partial charge >= 0.3 is 0 Å². The van der Waals surface area contributed by atoms with Crippen molar-refractivity contribution in [2.75, 3.05) is 0 Å². The van der Waals surface area contributed by atoms with E-state index in [1.807, 2.05) is 32.9 Å². The van der Waals surface area contributed by atoms with Crippen molar-refractivity contribution in [1.82, 2.24) is 14.7 Å². The summed E-state index contributed by atoms with van der Waals surface area (Å²) in [6.07, 6.45) is 1.74. The quantitative estimate of drug-likeness (QED) is 0.331. The number of thiophene rings is 1. The summed E-state index contributed by atoms with van der Waals surface area (Å²) in [7, 11) is 0. The van der Waals surface area contributed by atoms with Crippen LogP contribution in [-0.2, 0) is 11.4 Å². The first-order valence-electron chi connectivity index (χ1n) is 8.94. The molecule has 0 saturated carbocycles. The predicted molar refractivity (Wildman–Crippen MR) is 125 cm³/mol. The molecule has 3 rings (SSSR count). The zero-order chi connectivity index (χ0) is 22.1. The second-order valence-electron chi connectivity index (χ2n) is 7.54. The van der Waals surface area contributed by atoms with Crippen LogP contribution in [0.2, 0.25) is 14.5 Å². The molecule has 0 aliphatic heterocycles. The number of aliphatic hydroxyl groups excluding tert-OH is 1. The highest BCUT2D eigenvalue weighted by atomic mass is 35.5. The first-order chi connectivity index (χ1) is 14.1. The molecule has 30 heavy (non-hydrogen) atoms. The Balaban J connectivity index is 2.02. The standard InChI is InChI=1S/C20H20Cl3N3O2S2/c1-20(2,3)30(28)26-16(11-5-4-6-12(21)7-11)13-8-15(29-19(13)23)17(27)14-9-24-10-25-18(14)22/h4-10,16-17,26-27H,1-3H3/t16-,17+,30?/m1/s1. The maximum Gasteiger partial charge on any atom is 0.138 e. The number of benzene rings is 1. The second-order valence-corrected chi connectivity index (χ2v) is 12.0. The van der Waals surface area contributed by atoms with Crippen molar-refractivity contribution in [2.45, 2.75) is 37.7 Å². The average Bonchev–Trinajstić information content (AvgIpc) is 3.06. The van der Waals surface area contributed by atoms with Crippen molar-refractivity contribution in [3.63, 3.8) is 0 Å². The van der Waals surface area contributed by atoms with Crippen LogP contribution in [0.1, 0.15) is 54.5 Å². The maximum absolute atomic E-state index is 12.9. The SMILES string of the molecule is CC(C)(C)[S+]([O-])N[C@H](c1cccc(Cl)c1)c1cc([C@@H](O)c2cncnc2Cl)sc1Cl. The van der Waals surface area contributed by atoms with Gasteiger partial charge in [-0.2, -0.15) is 0 Å². The van der Waals surface area contributed by atoms with Gasteiger partial charge in [-0.3, -0.25) is 0 Å². The largest absolute Gasteiger partial charge is 0.598 e. The molecule has 3 atom stereocenters. The van der Waals surface area contributed by atoms with Crippen LogP contribution in [0, 0.1) is 0 Å². The highest BCUT2D eigenvalue weighted by molar-refractivity contribution is 7.90. The van der Waals surface area contributed by atoms with Crippen LogP contribution in [0.5, 0.6) is 0 Å². The summed E-state index contributed by atoms with van der Waals surface area (Å²) in [6.45, 7) is 5.65. The lowest BCUT2D eigenvalue weighted by atomic mass is 10.0. The van der Waals surface area contributed by atoms with Gasteiger partial charge in [0.15, 0.2) is 0 Å². The molecular formula is C20H20Cl3N3O2S2. The van der Waals surface area contributed by atoms with Crippen molar-refractivity contribution < 1.29 is 9.66 Å². The Bertz CT molecular complexity index is 1030. The summed E-state index contributed by atoms with van der Waals surface area (Å²) in [4.78, 5) is 8.41. The molecule has 2 heterocycles. The molecule has 10 heteroatoms. The number of nitrogens with one attached hydrogen (secondary N) is 1. The van der Waals surface area contributed by atoms with Gasteiger partial charge in [-0.25, -0.2) is 9.97 Å². The number of halogens is 3. The molecule has 0 radical (unpaired) electrons. The highest BCUT2D eigenvalue weighted by Gasteiger charge is 2.33. The fourth-order valence-electron chi connectivity index (χ4n) is 2.68. The fraction of sp³-hybridized carbons (Fsp3) is 0.300. The minimum absolute atomic E-state index is 0.168. The maximum atomic E-state index is 12.9. The van der Waals surface area contributed by atoms with E-state index in [2.05, 4.69) is 14.7 Å². The van der Waals surface area contributed by atoms with E-state index < -0.39 is 28.3 Å². The Kier molecular flexibility index (Phi) is 7.69. The molecule has 0 saturated heterocycles. The van der Waals surface area contributed by atoms with E-state index in [-0.39, 0.29) is 5.15 Å². The van der Waals surface area contributed by atoms with E-state index in [4.69, 9.17) is 34.8 Å². The van der Waals surface area contributed by atoms with Gasteiger partial charge in [-0.05, 0) is 44.5 Å². The topological polar surface area (TPSA) is 81.1 Å². The molecule has 0 spiro atoms. The minimum atomic E-state index is -1.38. The third-order valence-electron chi connectivity index (χ3n) is 4.26. The molecule has 2 N–H and O–H groups in total. The molecule has 0 amide bonds. The van der Waals surface area contributed by atoms with E-state index in [9.17, 15) is 9.66 Å². The van der Waals surface area contributed by atoms with E-state index in [1.165, 1.54) is 23.9 Å². The second kappa shape index (κ2) is 9.71. The molecule has 1 aromatic carbocycles. The summed E-state index contributed by atoms with van der Waals surface area (Å²) >= 11 is 18.7. The summed E-state index contributed by atoms with van der Waals surface area (Å²) in [5.41, 5.74) is 1.87. The van der Waals surface area contributed by atoms with E-state index in [0.717, 1.165) is 5.56 Å². The third-order valence-corrected chi connectivity index (χ3v) is 7.81. The van der Waals surface area contributed by atoms with Crippen molar-refractivity contribution >= 4 is 57.5 Å². The Morgan fingerprint density at radius 2 is 1.90 bits per heavy atom. The monoisotopic (exact) mass is 503 g/mol. The van der Waals surface area contributed by atoms with E-state index >= 15 is 0 Å². The molecule has 2 aromatic heterocycles. The Labute approximate surface area is 197 Å². The molecular weight excluding hydrogens is 485 g/mol. The molecule has 5 nitrogen and oxygen atoms in total. The van der Waals surface area contributed by atoms with Crippen LogP contribution in [-0.4, -0.2) is 24.4 Å². The number of rotatable bonds is 6. The number of hydrogen-bond donors (Lipinski definition) is 2. The molecule has 0 fully saturated rings. The average molecular weight is 505 g/mol. The van der Waals surface area contributed by atoms with Gasteiger partial charge in [0, 0.05) is 38.6 Å². The number of aromatic nitrogens is 2. The molecule has 1 unspecified atom stereocenters. The van der Waals surface area contributed by atoms with Crippen molar-refractivity contribution in [3.8, 4) is 0 Å². The summed E-state index contributed by atoms with van der Waals surface area (Å²) in [5.74, 6) is 0. The minimum Gasteiger partial charge on any atom is -0.598 e. The molecule has 0 aliphatic rings. The van der Waals surface area contributed by atoms with Gasteiger partial charge in [0.1, 0.15) is 28.4 Å². The van der Waals surface area contributed by atoms with Crippen LogP contribution >= 0.6 is 46.1 Å². The summed E-state index contributed by atoms with van der Waals surface area (Å²) in [6, 6.07) is 8.56. The Morgan fingerprint density at radius 3 is 2.53 bits per heavy atom. The van der Waals surface area contributed by atoms with Crippen LogP contribution in [0.3, 0.4) is 0 Å². The summed E-state index contributed by atoms with van der Waals surface area (Å²) < 4.78 is 16.0. The Morgan fingerprint density at radius 1 is 1.17 bits per heavy atom. The first kappa shape index (κ1) is 23.8. The third kappa shape index (κ3) is 5.47. The van der Waals surface area contributed by atoms with Gasteiger partial charge in [-0.15, -0.1) is 16.1 Å². The van der Waals surface area contributed by atoms with Gasteiger partial charge in [0.2, 0.25) is 0 Å². The Hall–Kier alpha value is -0.900. The lowest BCUT2D eigenvalue weighted by molar-refractivity contribution is 0.223. The van der Waals surface area contributed by atoms with Crippen LogP contribution in [0.4, 0.5) is 0 Å². The van der Waals surface area contributed by atoms with Crippen LogP contribution in [0.25, 0.3) is 0 Å². The zero-order valence-electron chi connectivity index (χ0n) is 16.4. The lowest BCUT2D eigenvalue weighted by Gasteiger charge is -2.28. The molecule has 0 aliphatic carbocycles. The van der Waals surface area contributed by atoms with Crippen molar-refractivity contribution in [3.05, 3.63) is 78.9 Å². The first-order valence-corrected chi connectivity index (χ1v) is 12.0. The highest BCUT2D eigenvalue weighted by Crippen LogP contribution is 2.41. The van der Waals surface area contributed by atoms with Crippen molar-refractivity contribution in [1.29, 1.82) is 0 Å². The fourth-order valence-corrected chi connectivity index (χ4v) is 5.26. The van der Waals surface area contributed by atoms with Crippen molar-refractivity contribution in [2.24, 2.45) is 0 Å². The number of aliphatic hydroxyl groups is 1. The van der Waals surface area contributed by atoms with Gasteiger partial charge in [0.05, 0.1) is 4.34 Å². The molecule has 3 aromatic rings. The number of nitrogens with zero attached hydrogens (tertiary/aromatic N) is 2. The van der Waals surface area contributed by atoms with Crippen LogP contribution in [0.15, 0.2) is 42.9 Å². The predicted octanol–water partition coefficient (Wildman–Crippen LogP) is 5.72. The molecule has 0 bridgehead atoms. The smallest absolute Gasteiger partial charge is 0.138 e. The van der Waals surface area contributed by atoms with Gasteiger partial charge in [-0.1, -0.05) is 46.9 Å². The van der Waals surface area contributed by atoms with E-state index in [1.54, 1.807) is 18.2 Å². The molecule has 160 valence electrons. The number of hydrogen-bond acceptors (Lipinski definition) is 6.